The Kier molecular flexibility index (Phi) is 17.5. The van der Waals surface area contributed by atoms with Gasteiger partial charge in [-0.15, -0.1) is 0 Å². The van der Waals surface area contributed by atoms with Crippen LogP contribution in [0.1, 0.15) is 103 Å². The second-order valence-corrected chi connectivity index (χ2v) is 8.04. The molecule has 0 aromatic carbocycles. The lowest BCUT2D eigenvalue weighted by Crippen LogP contribution is -2.05. The minimum atomic E-state index is 0.00910. The smallest absolute Gasteiger partial charge is 0.211 e. The molecule has 0 aromatic rings. The van der Waals surface area contributed by atoms with Crippen molar-refractivity contribution in [3.05, 3.63) is 0 Å². The van der Waals surface area contributed by atoms with Crippen molar-refractivity contribution in [3.8, 4) is 0 Å². The first kappa shape index (κ1) is 21.6. The molecule has 0 N–H and O–H groups in total. The van der Waals surface area contributed by atoms with Crippen LogP contribution in [0.3, 0.4) is 0 Å². The third-order valence-corrected chi connectivity index (χ3v) is 6.10. The highest BCUT2D eigenvalue weighted by Gasteiger charge is 2.09. The van der Waals surface area contributed by atoms with E-state index in [1.165, 1.54) is 83.5 Å². The first-order chi connectivity index (χ1) is 10.2. The predicted molar refractivity (Wildman–Crippen MR) is 102 cm³/mol. The molecule has 1 atom stereocenters. The van der Waals surface area contributed by atoms with Crippen molar-refractivity contribution < 1.29 is 4.79 Å². The van der Waals surface area contributed by atoms with Crippen molar-refractivity contribution in [2.75, 3.05) is 0 Å². The third kappa shape index (κ3) is 16.8. The fourth-order valence-corrected chi connectivity index (χ4v) is 3.18. The number of unbranched alkanes of at least 4 members (excludes halogenated alkanes) is 13. The van der Waals surface area contributed by atoms with Crippen LogP contribution in [0.5, 0.6) is 0 Å². The second kappa shape index (κ2) is 17.0. The van der Waals surface area contributed by atoms with E-state index in [0.717, 1.165) is 12.8 Å². The summed E-state index contributed by atoms with van der Waals surface area (Å²) >= 11 is 6.38. The maximum Gasteiger partial charge on any atom is 0.211 e. The summed E-state index contributed by atoms with van der Waals surface area (Å²) in [7, 11) is 0. The first-order valence-electron chi connectivity index (χ1n) is 9.02. The number of carbonyl (C=O) groups excluding carboxylic acids is 1. The molecule has 0 aromatic heterocycles. The van der Waals surface area contributed by atoms with Crippen LogP contribution in [0.25, 0.3) is 0 Å². The van der Waals surface area contributed by atoms with Gasteiger partial charge in [0.2, 0.25) is 4.69 Å². The number of hydrogen-bond donors (Lipinski definition) is 0. The Labute approximate surface area is 149 Å². The number of alkyl halides is 1. The predicted octanol–water partition coefficient (Wildman–Crippen LogP) is 7.54. The van der Waals surface area contributed by atoms with Gasteiger partial charge in [0.25, 0.3) is 0 Å². The first-order valence-corrected chi connectivity index (χ1v) is 10.7. The molecule has 0 spiro atoms. The maximum atomic E-state index is 11.0. The van der Waals surface area contributed by atoms with E-state index in [-0.39, 0.29) is 9.52 Å². The molecule has 0 amide bonds. The minimum absolute atomic E-state index is 0.00910. The molecule has 1 nitrogen and oxygen atoms in total. The van der Waals surface area contributed by atoms with Gasteiger partial charge in [-0.2, -0.15) is 0 Å². The lowest BCUT2D eigenvalue weighted by molar-refractivity contribution is -0.109. The summed E-state index contributed by atoms with van der Waals surface area (Å²) in [6.07, 6.45) is 20.3. The van der Waals surface area contributed by atoms with Gasteiger partial charge >= 0.3 is 0 Å². The van der Waals surface area contributed by atoms with E-state index < -0.39 is 0 Å². The molecule has 1 unspecified atom stereocenters. The van der Waals surface area contributed by atoms with Crippen molar-refractivity contribution >= 4 is 36.6 Å². The Balaban J connectivity index is 3.04. The van der Waals surface area contributed by atoms with Crippen molar-refractivity contribution in [2.24, 2.45) is 0 Å². The lowest BCUT2D eigenvalue weighted by atomic mass is 10.0. The number of carbonyl (C=O) groups is 1. The number of rotatable bonds is 16. The lowest BCUT2D eigenvalue weighted by Gasteiger charge is -2.05. The van der Waals surface area contributed by atoms with Crippen LogP contribution in [0.4, 0.5) is 0 Å². The van der Waals surface area contributed by atoms with Crippen molar-refractivity contribution in [2.45, 2.75) is 108 Å². The fraction of sp³-hybridized carbons (Fsp3) is 0.944. The Hall–Kier alpha value is 0.630. The van der Waals surface area contributed by atoms with Gasteiger partial charge in [-0.1, -0.05) is 113 Å². The van der Waals surface area contributed by atoms with E-state index in [1.807, 2.05) is 0 Å². The second-order valence-electron chi connectivity index (χ2n) is 6.16. The Morgan fingerprint density at radius 1 is 0.714 bits per heavy atom. The monoisotopic (exact) mass is 424 g/mol. The molecule has 0 aliphatic heterocycles. The van der Waals surface area contributed by atoms with E-state index in [4.69, 9.17) is 0 Å². The summed E-state index contributed by atoms with van der Waals surface area (Å²) in [5.41, 5.74) is 0. The summed E-state index contributed by atoms with van der Waals surface area (Å²) in [6.45, 7) is 2.28. The highest BCUT2D eigenvalue weighted by molar-refractivity contribution is 9.20. The topological polar surface area (TPSA) is 17.1 Å². The molecule has 0 bridgehead atoms. The molecule has 0 rings (SSSR count). The van der Waals surface area contributed by atoms with Crippen LogP contribution in [0, 0.1) is 0 Å². The van der Waals surface area contributed by atoms with Crippen LogP contribution in [0.15, 0.2) is 0 Å². The summed E-state index contributed by atoms with van der Waals surface area (Å²) < 4.78 is 0.0807. The van der Waals surface area contributed by atoms with Gasteiger partial charge in [0, 0.05) is 0 Å². The van der Waals surface area contributed by atoms with E-state index >= 15 is 0 Å². The van der Waals surface area contributed by atoms with Crippen LogP contribution in [-0.2, 0) is 4.79 Å². The highest BCUT2D eigenvalue weighted by Crippen LogP contribution is 2.17. The standard InChI is InChI=1S/C18H34Br2O/c1-2-3-4-5-6-7-8-9-10-11-12-13-14-15-16-17(19)18(20)21/h17H,2-16H2,1H3. The molecule has 0 saturated heterocycles. The minimum Gasteiger partial charge on any atom is -0.285 e. The highest BCUT2D eigenvalue weighted by atomic mass is 79.9. The van der Waals surface area contributed by atoms with E-state index in [2.05, 4.69) is 38.8 Å². The van der Waals surface area contributed by atoms with Crippen molar-refractivity contribution in [1.82, 2.24) is 0 Å². The van der Waals surface area contributed by atoms with Crippen molar-refractivity contribution in [3.63, 3.8) is 0 Å². The molecular weight excluding hydrogens is 392 g/mol. The molecule has 126 valence electrons. The van der Waals surface area contributed by atoms with Crippen LogP contribution >= 0.6 is 31.9 Å². The van der Waals surface area contributed by atoms with Crippen LogP contribution in [0.2, 0.25) is 0 Å². The molecule has 0 radical (unpaired) electrons. The average molecular weight is 426 g/mol. The van der Waals surface area contributed by atoms with Gasteiger partial charge in [-0.3, -0.25) is 4.79 Å². The van der Waals surface area contributed by atoms with E-state index in [9.17, 15) is 4.79 Å². The largest absolute Gasteiger partial charge is 0.285 e. The number of halogens is 2. The summed E-state index contributed by atoms with van der Waals surface area (Å²) in [5, 5.41) is 0. The molecular formula is C18H34Br2O. The molecule has 0 fully saturated rings. The van der Waals surface area contributed by atoms with E-state index in [1.54, 1.807) is 0 Å². The summed E-state index contributed by atoms with van der Waals surface area (Å²) in [6, 6.07) is 0. The summed E-state index contributed by atoms with van der Waals surface area (Å²) in [4.78, 5) is 11.0. The molecule has 0 aliphatic rings. The zero-order chi connectivity index (χ0) is 15.8. The van der Waals surface area contributed by atoms with Gasteiger partial charge in [-0.25, -0.2) is 0 Å². The van der Waals surface area contributed by atoms with Crippen molar-refractivity contribution in [1.29, 1.82) is 0 Å². The quantitative estimate of drug-likeness (QED) is 0.142. The van der Waals surface area contributed by atoms with Crippen LogP contribution < -0.4 is 0 Å². The summed E-state index contributed by atoms with van der Waals surface area (Å²) in [5.74, 6) is 0. The average Bonchev–Trinajstić information content (AvgIpc) is 2.47. The molecule has 0 heterocycles. The fourth-order valence-electron chi connectivity index (χ4n) is 2.63. The van der Waals surface area contributed by atoms with E-state index in [0.29, 0.717) is 0 Å². The van der Waals surface area contributed by atoms with Crippen LogP contribution in [-0.4, -0.2) is 9.52 Å². The van der Waals surface area contributed by atoms with Gasteiger partial charge in [0.15, 0.2) is 0 Å². The van der Waals surface area contributed by atoms with Gasteiger partial charge in [0.1, 0.15) is 0 Å². The molecule has 21 heavy (non-hydrogen) atoms. The Morgan fingerprint density at radius 3 is 1.38 bits per heavy atom. The Bertz CT molecular complexity index is 231. The zero-order valence-corrected chi connectivity index (χ0v) is 17.0. The maximum absolute atomic E-state index is 11.0. The number of hydrogen-bond acceptors (Lipinski definition) is 1. The zero-order valence-electron chi connectivity index (χ0n) is 13.8. The molecule has 0 aliphatic carbocycles. The third-order valence-electron chi connectivity index (χ3n) is 4.06. The SMILES string of the molecule is CCCCCCCCCCCCCCCCC(Br)C(=O)Br. The molecule has 3 heteroatoms. The van der Waals surface area contributed by atoms with Gasteiger partial charge < -0.3 is 0 Å². The normalized spacial score (nSPS) is 12.5. The van der Waals surface area contributed by atoms with Gasteiger partial charge in [0.05, 0.1) is 4.83 Å². The Morgan fingerprint density at radius 2 is 1.05 bits per heavy atom. The van der Waals surface area contributed by atoms with Gasteiger partial charge in [-0.05, 0) is 22.4 Å². The molecule has 0 saturated carbocycles.